The maximum Gasteiger partial charge on any atom is 0.267 e. The standard InChI is InChI=1S/C16H15N3O2S/c20-14-13(12-4-2-1-3-5-12)15(18-8-10-21-11-9-18)22-16-17-6-7-19(14)16/h1-7H,8-11H2. The largest absolute Gasteiger partial charge is 0.378 e. The first-order valence-electron chi connectivity index (χ1n) is 7.23. The molecule has 112 valence electrons. The van der Waals surface area contributed by atoms with Crippen molar-refractivity contribution in [2.75, 3.05) is 31.2 Å². The minimum atomic E-state index is -0.0149. The van der Waals surface area contributed by atoms with Gasteiger partial charge in [0.2, 0.25) is 0 Å². The van der Waals surface area contributed by atoms with Gasteiger partial charge in [0.1, 0.15) is 5.00 Å². The summed E-state index contributed by atoms with van der Waals surface area (Å²) in [5, 5.41) is 0.984. The van der Waals surface area contributed by atoms with Gasteiger partial charge in [-0.15, -0.1) is 0 Å². The lowest BCUT2D eigenvalue weighted by molar-refractivity contribution is 0.123. The summed E-state index contributed by atoms with van der Waals surface area (Å²) in [6.07, 6.45) is 3.40. The molecule has 0 bridgehead atoms. The van der Waals surface area contributed by atoms with Gasteiger partial charge in [0.25, 0.3) is 5.56 Å². The topological polar surface area (TPSA) is 46.8 Å². The summed E-state index contributed by atoms with van der Waals surface area (Å²) in [7, 11) is 0. The van der Waals surface area contributed by atoms with E-state index in [-0.39, 0.29) is 5.56 Å². The van der Waals surface area contributed by atoms with Crippen LogP contribution >= 0.6 is 11.3 Å². The summed E-state index contributed by atoms with van der Waals surface area (Å²) in [5.41, 5.74) is 1.68. The monoisotopic (exact) mass is 313 g/mol. The van der Waals surface area contributed by atoms with Crippen LogP contribution in [0.15, 0.2) is 47.5 Å². The number of imidazole rings is 1. The average Bonchev–Trinajstić information content (AvgIpc) is 3.05. The van der Waals surface area contributed by atoms with Gasteiger partial charge in [0.05, 0.1) is 18.8 Å². The lowest BCUT2D eigenvalue weighted by Crippen LogP contribution is -2.37. The van der Waals surface area contributed by atoms with Crippen molar-refractivity contribution in [2.45, 2.75) is 0 Å². The molecular weight excluding hydrogens is 298 g/mol. The predicted octanol–water partition coefficient (Wildman–Crippen LogP) is 2.26. The number of hydrogen-bond acceptors (Lipinski definition) is 5. The number of hydrogen-bond donors (Lipinski definition) is 0. The minimum absolute atomic E-state index is 0.0149. The van der Waals surface area contributed by atoms with E-state index in [1.165, 1.54) is 0 Å². The smallest absolute Gasteiger partial charge is 0.267 e. The molecule has 0 atom stereocenters. The summed E-state index contributed by atoms with van der Waals surface area (Å²) in [4.78, 5) is 20.2. The van der Waals surface area contributed by atoms with Crippen LogP contribution in [-0.2, 0) is 4.74 Å². The van der Waals surface area contributed by atoms with Crippen LogP contribution in [0.2, 0.25) is 0 Å². The number of ether oxygens (including phenoxy) is 1. The molecule has 0 amide bonds. The van der Waals surface area contributed by atoms with Crippen LogP contribution in [0.5, 0.6) is 0 Å². The Hall–Kier alpha value is -2.18. The number of rotatable bonds is 2. The molecule has 5 nitrogen and oxygen atoms in total. The molecule has 1 saturated heterocycles. The van der Waals surface area contributed by atoms with Crippen LogP contribution in [0.3, 0.4) is 0 Å². The predicted molar refractivity (Wildman–Crippen MR) is 87.8 cm³/mol. The van der Waals surface area contributed by atoms with Crippen molar-refractivity contribution >= 4 is 21.3 Å². The van der Waals surface area contributed by atoms with Gasteiger partial charge in [-0.1, -0.05) is 41.7 Å². The van der Waals surface area contributed by atoms with Gasteiger partial charge < -0.3 is 9.64 Å². The third-order valence-electron chi connectivity index (χ3n) is 3.80. The molecule has 1 aliphatic heterocycles. The maximum atomic E-state index is 12.9. The van der Waals surface area contributed by atoms with Crippen molar-refractivity contribution in [3.05, 3.63) is 53.1 Å². The van der Waals surface area contributed by atoms with E-state index in [0.717, 1.165) is 34.2 Å². The molecule has 2 aromatic heterocycles. The Morgan fingerprint density at radius 3 is 2.68 bits per heavy atom. The van der Waals surface area contributed by atoms with Crippen molar-refractivity contribution in [1.29, 1.82) is 0 Å². The van der Waals surface area contributed by atoms with E-state index in [1.807, 2.05) is 30.3 Å². The van der Waals surface area contributed by atoms with E-state index in [0.29, 0.717) is 13.2 Å². The number of nitrogens with zero attached hydrogens (tertiary/aromatic N) is 3. The normalized spacial score (nSPS) is 15.4. The highest BCUT2D eigenvalue weighted by Gasteiger charge is 2.21. The molecule has 0 unspecified atom stereocenters. The van der Waals surface area contributed by atoms with Crippen LogP contribution in [0.4, 0.5) is 5.00 Å². The van der Waals surface area contributed by atoms with Crippen LogP contribution in [0.1, 0.15) is 0 Å². The number of morpholine rings is 1. The molecule has 0 spiro atoms. The molecule has 1 aromatic carbocycles. The average molecular weight is 313 g/mol. The van der Waals surface area contributed by atoms with Crippen molar-refractivity contribution in [3.63, 3.8) is 0 Å². The SMILES string of the molecule is O=c1c(-c2ccccc2)c(N2CCOCC2)sc2nccn12. The highest BCUT2D eigenvalue weighted by molar-refractivity contribution is 7.21. The minimum Gasteiger partial charge on any atom is -0.378 e. The first-order chi connectivity index (χ1) is 10.8. The van der Waals surface area contributed by atoms with Crippen LogP contribution in [0.25, 0.3) is 16.1 Å². The zero-order chi connectivity index (χ0) is 14.9. The molecule has 4 rings (SSSR count). The number of anilines is 1. The number of aromatic nitrogens is 2. The molecule has 3 aromatic rings. The van der Waals surface area contributed by atoms with Gasteiger partial charge in [-0.05, 0) is 5.56 Å². The van der Waals surface area contributed by atoms with Gasteiger partial charge in [-0.3, -0.25) is 9.20 Å². The van der Waals surface area contributed by atoms with E-state index in [1.54, 1.807) is 28.1 Å². The number of fused-ring (bicyclic) bond motifs is 1. The Kier molecular flexibility index (Phi) is 3.40. The molecule has 1 fully saturated rings. The second kappa shape index (κ2) is 5.55. The first kappa shape index (κ1) is 13.5. The van der Waals surface area contributed by atoms with Gasteiger partial charge in [-0.25, -0.2) is 4.98 Å². The third-order valence-corrected chi connectivity index (χ3v) is 4.94. The molecule has 6 heteroatoms. The lowest BCUT2D eigenvalue weighted by atomic mass is 10.1. The van der Waals surface area contributed by atoms with E-state index < -0.39 is 0 Å². The Morgan fingerprint density at radius 2 is 1.91 bits per heavy atom. The summed E-state index contributed by atoms with van der Waals surface area (Å²) in [5.74, 6) is 0. The van der Waals surface area contributed by atoms with E-state index in [4.69, 9.17) is 4.74 Å². The summed E-state index contributed by atoms with van der Waals surface area (Å²) in [6, 6.07) is 9.84. The highest BCUT2D eigenvalue weighted by atomic mass is 32.1. The lowest BCUT2D eigenvalue weighted by Gasteiger charge is -2.29. The summed E-state index contributed by atoms with van der Waals surface area (Å²) < 4.78 is 7.06. The van der Waals surface area contributed by atoms with Crippen LogP contribution in [-0.4, -0.2) is 35.7 Å². The van der Waals surface area contributed by atoms with Gasteiger partial charge >= 0.3 is 0 Å². The zero-order valence-electron chi connectivity index (χ0n) is 11.9. The Labute approximate surface area is 131 Å². The fraction of sp³-hybridized carbons (Fsp3) is 0.250. The highest BCUT2D eigenvalue weighted by Crippen LogP contribution is 2.33. The number of benzene rings is 1. The first-order valence-corrected chi connectivity index (χ1v) is 8.04. The van der Waals surface area contributed by atoms with Crippen molar-refractivity contribution in [3.8, 4) is 11.1 Å². The summed E-state index contributed by atoms with van der Waals surface area (Å²) in [6.45, 7) is 2.98. The van der Waals surface area contributed by atoms with Gasteiger partial charge in [0, 0.05) is 25.5 Å². The molecule has 0 N–H and O–H groups in total. The maximum absolute atomic E-state index is 12.9. The molecule has 22 heavy (non-hydrogen) atoms. The second-order valence-corrected chi connectivity index (χ2v) is 6.09. The summed E-state index contributed by atoms with van der Waals surface area (Å²) >= 11 is 1.56. The quantitative estimate of drug-likeness (QED) is 0.728. The Balaban J connectivity index is 1.98. The Morgan fingerprint density at radius 1 is 1.14 bits per heavy atom. The van der Waals surface area contributed by atoms with E-state index in [9.17, 15) is 4.79 Å². The molecule has 0 radical (unpaired) electrons. The van der Waals surface area contributed by atoms with Gasteiger partial charge in [0.15, 0.2) is 4.96 Å². The van der Waals surface area contributed by atoms with Crippen molar-refractivity contribution < 1.29 is 4.74 Å². The Bertz CT molecular complexity index is 851. The van der Waals surface area contributed by atoms with E-state index in [2.05, 4.69) is 9.88 Å². The molecule has 0 aliphatic carbocycles. The van der Waals surface area contributed by atoms with E-state index >= 15 is 0 Å². The van der Waals surface area contributed by atoms with Crippen LogP contribution in [0, 0.1) is 0 Å². The molecular formula is C16H15N3O2S. The van der Waals surface area contributed by atoms with Gasteiger partial charge in [-0.2, -0.15) is 0 Å². The zero-order valence-corrected chi connectivity index (χ0v) is 12.8. The van der Waals surface area contributed by atoms with Crippen molar-refractivity contribution in [1.82, 2.24) is 9.38 Å². The fourth-order valence-corrected chi connectivity index (χ4v) is 3.86. The fourth-order valence-electron chi connectivity index (χ4n) is 2.71. The van der Waals surface area contributed by atoms with Crippen LogP contribution < -0.4 is 10.5 Å². The van der Waals surface area contributed by atoms with Crippen molar-refractivity contribution in [2.24, 2.45) is 0 Å². The second-order valence-electron chi connectivity index (χ2n) is 5.13. The molecule has 0 saturated carbocycles. The molecule has 3 heterocycles. The third kappa shape index (κ3) is 2.20. The molecule has 1 aliphatic rings.